The molecule has 1 amide bonds. The lowest BCUT2D eigenvalue weighted by molar-refractivity contribution is -0.121. The van der Waals surface area contributed by atoms with Crippen molar-refractivity contribution < 1.29 is 9.53 Å². The molecular formula is C11H16N2O2S. The molecule has 0 heterocycles. The van der Waals surface area contributed by atoms with E-state index in [0.717, 1.165) is 5.75 Å². The predicted molar refractivity (Wildman–Crippen MR) is 65.7 cm³/mol. The average Bonchev–Trinajstić information content (AvgIpc) is 2.34. The first kappa shape index (κ1) is 13.0. The third kappa shape index (κ3) is 4.22. The molecule has 0 fully saturated rings. The largest absolute Gasteiger partial charge is 0.383 e. The van der Waals surface area contributed by atoms with Crippen LogP contribution in [-0.4, -0.2) is 24.9 Å². The third-order valence-electron chi connectivity index (χ3n) is 2.05. The zero-order valence-electron chi connectivity index (χ0n) is 9.18. The van der Waals surface area contributed by atoms with E-state index in [1.807, 2.05) is 30.3 Å². The zero-order chi connectivity index (χ0) is 11.8. The van der Waals surface area contributed by atoms with Gasteiger partial charge in [0.05, 0.1) is 6.61 Å². The Bertz CT molecular complexity index is 319. The maximum Gasteiger partial charge on any atom is 0.249 e. The van der Waals surface area contributed by atoms with E-state index in [1.54, 1.807) is 7.11 Å². The van der Waals surface area contributed by atoms with Gasteiger partial charge < -0.3 is 4.74 Å². The summed E-state index contributed by atoms with van der Waals surface area (Å²) in [5.41, 5.74) is 3.33. The number of ether oxygens (including phenoxy) is 1. The van der Waals surface area contributed by atoms with Crippen LogP contribution in [0.5, 0.6) is 0 Å². The van der Waals surface area contributed by atoms with Gasteiger partial charge in [-0.2, -0.15) is 0 Å². The van der Waals surface area contributed by atoms with E-state index in [0.29, 0.717) is 6.61 Å². The SMILES string of the molecule is COCC(SCc1ccccc1)C(=O)NN. The van der Waals surface area contributed by atoms with E-state index >= 15 is 0 Å². The second-order valence-corrected chi connectivity index (χ2v) is 4.44. The van der Waals surface area contributed by atoms with Gasteiger partial charge in [0, 0.05) is 12.9 Å². The van der Waals surface area contributed by atoms with Gasteiger partial charge in [-0.3, -0.25) is 10.2 Å². The van der Waals surface area contributed by atoms with Crippen LogP contribution in [0.1, 0.15) is 5.56 Å². The molecule has 3 N–H and O–H groups in total. The second-order valence-electron chi connectivity index (χ2n) is 3.25. The van der Waals surface area contributed by atoms with Crippen molar-refractivity contribution in [2.45, 2.75) is 11.0 Å². The number of amides is 1. The summed E-state index contributed by atoms with van der Waals surface area (Å²) in [4.78, 5) is 11.4. The normalized spacial score (nSPS) is 12.1. The van der Waals surface area contributed by atoms with Gasteiger partial charge in [-0.25, -0.2) is 5.84 Å². The summed E-state index contributed by atoms with van der Waals surface area (Å²) in [6.07, 6.45) is 0. The van der Waals surface area contributed by atoms with Crippen LogP contribution >= 0.6 is 11.8 Å². The minimum Gasteiger partial charge on any atom is -0.383 e. The van der Waals surface area contributed by atoms with Crippen LogP contribution < -0.4 is 11.3 Å². The zero-order valence-corrected chi connectivity index (χ0v) is 10.00. The van der Waals surface area contributed by atoms with Crippen molar-refractivity contribution in [3.05, 3.63) is 35.9 Å². The molecule has 0 saturated heterocycles. The lowest BCUT2D eigenvalue weighted by Gasteiger charge is -2.13. The van der Waals surface area contributed by atoms with Crippen molar-refractivity contribution >= 4 is 17.7 Å². The highest BCUT2D eigenvalue weighted by Gasteiger charge is 2.17. The van der Waals surface area contributed by atoms with Crippen molar-refractivity contribution in [2.24, 2.45) is 5.84 Å². The topological polar surface area (TPSA) is 64.3 Å². The van der Waals surface area contributed by atoms with Gasteiger partial charge >= 0.3 is 0 Å². The molecule has 5 heteroatoms. The number of methoxy groups -OCH3 is 1. The standard InChI is InChI=1S/C11H16N2O2S/c1-15-7-10(11(14)13-12)16-8-9-5-3-2-4-6-9/h2-6,10H,7-8,12H2,1H3,(H,13,14). The summed E-state index contributed by atoms with van der Waals surface area (Å²) in [6, 6.07) is 9.97. The average molecular weight is 240 g/mol. The number of hydrogen-bond acceptors (Lipinski definition) is 4. The maximum absolute atomic E-state index is 11.4. The number of carbonyl (C=O) groups is 1. The van der Waals surface area contributed by atoms with Gasteiger partial charge in [-0.15, -0.1) is 11.8 Å². The Morgan fingerprint density at radius 2 is 2.19 bits per heavy atom. The first-order chi connectivity index (χ1) is 7.77. The Morgan fingerprint density at radius 3 is 2.75 bits per heavy atom. The minimum absolute atomic E-state index is 0.206. The van der Waals surface area contributed by atoms with E-state index in [-0.39, 0.29) is 11.2 Å². The summed E-state index contributed by atoms with van der Waals surface area (Å²) >= 11 is 1.51. The molecule has 0 radical (unpaired) electrons. The number of hydrogen-bond donors (Lipinski definition) is 2. The lowest BCUT2D eigenvalue weighted by Crippen LogP contribution is -2.39. The molecule has 0 aliphatic carbocycles. The molecule has 88 valence electrons. The van der Waals surface area contributed by atoms with Crippen molar-refractivity contribution in [1.82, 2.24) is 5.43 Å². The molecule has 16 heavy (non-hydrogen) atoms. The number of benzene rings is 1. The molecule has 0 aromatic heterocycles. The molecule has 4 nitrogen and oxygen atoms in total. The molecule has 0 bridgehead atoms. The quantitative estimate of drug-likeness (QED) is 0.441. The van der Waals surface area contributed by atoms with Crippen molar-refractivity contribution in [3.8, 4) is 0 Å². The Labute approximate surface area is 99.5 Å². The molecule has 0 saturated carbocycles. The predicted octanol–water partition coefficient (Wildman–Crippen LogP) is 0.925. The smallest absolute Gasteiger partial charge is 0.249 e. The fourth-order valence-corrected chi connectivity index (χ4v) is 2.25. The molecular weight excluding hydrogens is 224 g/mol. The number of rotatable bonds is 6. The molecule has 1 rings (SSSR count). The molecule has 0 aliphatic rings. The van der Waals surface area contributed by atoms with E-state index in [9.17, 15) is 4.79 Å². The van der Waals surface area contributed by atoms with E-state index in [4.69, 9.17) is 10.6 Å². The Balaban J connectivity index is 2.47. The van der Waals surface area contributed by atoms with Crippen molar-refractivity contribution in [3.63, 3.8) is 0 Å². The number of nitrogens with two attached hydrogens (primary N) is 1. The summed E-state index contributed by atoms with van der Waals surface area (Å²) in [5, 5.41) is -0.268. The van der Waals surface area contributed by atoms with Crippen LogP contribution in [0.2, 0.25) is 0 Å². The number of nitrogens with one attached hydrogen (secondary N) is 1. The van der Waals surface area contributed by atoms with Crippen LogP contribution in [0.4, 0.5) is 0 Å². The fraction of sp³-hybridized carbons (Fsp3) is 0.364. The van der Waals surface area contributed by atoms with E-state index in [1.165, 1.54) is 17.3 Å². The molecule has 1 atom stereocenters. The second kappa shape index (κ2) is 7.27. The summed E-state index contributed by atoms with van der Waals surface area (Å²) in [6.45, 7) is 0.362. The number of thioether (sulfide) groups is 1. The van der Waals surface area contributed by atoms with Gasteiger partial charge in [0.25, 0.3) is 0 Å². The van der Waals surface area contributed by atoms with Gasteiger partial charge in [-0.1, -0.05) is 30.3 Å². The molecule has 1 aromatic rings. The number of hydrazine groups is 1. The highest BCUT2D eigenvalue weighted by Crippen LogP contribution is 2.18. The first-order valence-corrected chi connectivity index (χ1v) is 5.97. The monoisotopic (exact) mass is 240 g/mol. The molecule has 1 aromatic carbocycles. The Morgan fingerprint density at radius 1 is 1.50 bits per heavy atom. The highest BCUT2D eigenvalue weighted by atomic mass is 32.2. The number of carbonyl (C=O) groups excluding carboxylic acids is 1. The highest BCUT2D eigenvalue weighted by molar-refractivity contribution is 7.99. The minimum atomic E-state index is -0.268. The lowest BCUT2D eigenvalue weighted by atomic mass is 10.2. The maximum atomic E-state index is 11.4. The summed E-state index contributed by atoms with van der Waals surface area (Å²) in [5.74, 6) is 5.66. The Kier molecular flexibility index (Phi) is 5.92. The van der Waals surface area contributed by atoms with Gasteiger partial charge in [-0.05, 0) is 5.56 Å². The van der Waals surface area contributed by atoms with Crippen LogP contribution in [0.25, 0.3) is 0 Å². The molecule has 0 aliphatic heterocycles. The van der Waals surface area contributed by atoms with Crippen LogP contribution in [0.3, 0.4) is 0 Å². The third-order valence-corrected chi connectivity index (χ3v) is 3.30. The first-order valence-electron chi connectivity index (χ1n) is 4.93. The Hall–Kier alpha value is -1.04. The van der Waals surface area contributed by atoms with Crippen LogP contribution in [-0.2, 0) is 15.3 Å². The van der Waals surface area contributed by atoms with Gasteiger partial charge in [0.15, 0.2) is 0 Å². The summed E-state index contributed by atoms with van der Waals surface area (Å²) in [7, 11) is 1.57. The van der Waals surface area contributed by atoms with Crippen molar-refractivity contribution in [1.29, 1.82) is 0 Å². The van der Waals surface area contributed by atoms with Crippen molar-refractivity contribution in [2.75, 3.05) is 13.7 Å². The van der Waals surface area contributed by atoms with Crippen LogP contribution in [0.15, 0.2) is 30.3 Å². The summed E-state index contributed by atoms with van der Waals surface area (Å²) < 4.78 is 4.98. The van der Waals surface area contributed by atoms with Crippen LogP contribution in [0, 0.1) is 0 Å². The van der Waals surface area contributed by atoms with Gasteiger partial charge in [0.1, 0.15) is 5.25 Å². The molecule has 1 unspecified atom stereocenters. The van der Waals surface area contributed by atoms with Gasteiger partial charge in [0.2, 0.25) is 5.91 Å². The molecule has 0 spiro atoms. The van der Waals surface area contributed by atoms with E-state index in [2.05, 4.69) is 5.43 Å². The van der Waals surface area contributed by atoms with E-state index < -0.39 is 0 Å². The fourth-order valence-electron chi connectivity index (χ4n) is 1.21.